The van der Waals surface area contributed by atoms with Crippen LogP contribution in [0.5, 0.6) is 5.75 Å². The second-order valence-corrected chi connectivity index (χ2v) is 5.10. The lowest BCUT2D eigenvalue weighted by Gasteiger charge is -2.17. The van der Waals surface area contributed by atoms with Gasteiger partial charge in [-0.1, -0.05) is 12.1 Å². The molecule has 1 aliphatic heterocycles. The average molecular weight is 342 g/mol. The lowest BCUT2D eigenvalue weighted by molar-refractivity contribution is -0.155. The second-order valence-electron chi connectivity index (χ2n) is 5.10. The summed E-state index contributed by atoms with van der Waals surface area (Å²) >= 11 is 0. The lowest BCUT2D eigenvalue weighted by Crippen LogP contribution is -2.39. The molecule has 0 spiro atoms. The molecule has 1 aromatic rings. The van der Waals surface area contributed by atoms with Crippen molar-refractivity contribution in [2.45, 2.75) is 38.5 Å². The van der Waals surface area contributed by atoms with Crippen molar-refractivity contribution in [2.24, 2.45) is 0 Å². The third kappa shape index (κ3) is 4.64. The SMILES string of the molecule is C[C@H](OC(=O)[C@@H]1CCC(=O)N1)C(=O)Nc1ccccc1OC(F)F. The van der Waals surface area contributed by atoms with E-state index >= 15 is 0 Å². The Morgan fingerprint density at radius 2 is 2.04 bits per heavy atom. The summed E-state index contributed by atoms with van der Waals surface area (Å²) in [5, 5.41) is 4.79. The molecule has 2 amide bonds. The van der Waals surface area contributed by atoms with Crippen molar-refractivity contribution in [1.82, 2.24) is 5.32 Å². The van der Waals surface area contributed by atoms with Gasteiger partial charge in [-0.2, -0.15) is 8.78 Å². The molecular formula is C15H16F2N2O5. The van der Waals surface area contributed by atoms with E-state index in [-0.39, 0.29) is 23.8 Å². The van der Waals surface area contributed by atoms with Crippen LogP contribution < -0.4 is 15.4 Å². The zero-order chi connectivity index (χ0) is 17.7. The Labute approximate surface area is 136 Å². The molecule has 1 heterocycles. The first-order valence-electron chi connectivity index (χ1n) is 7.21. The number of ether oxygens (including phenoxy) is 2. The highest BCUT2D eigenvalue weighted by Gasteiger charge is 2.31. The van der Waals surface area contributed by atoms with Crippen LogP contribution in [-0.2, 0) is 19.1 Å². The summed E-state index contributed by atoms with van der Waals surface area (Å²) in [4.78, 5) is 34.9. The third-order valence-electron chi connectivity index (χ3n) is 3.30. The molecule has 2 N–H and O–H groups in total. The van der Waals surface area contributed by atoms with Crippen LogP contribution in [0.15, 0.2) is 24.3 Å². The van der Waals surface area contributed by atoms with Crippen molar-refractivity contribution in [1.29, 1.82) is 0 Å². The van der Waals surface area contributed by atoms with Crippen LogP contribution in [0.4, 0.5) is 14.5 Å². The number of alkyl halides is 2. The average Bonchev–Trinajstić information content (AvgIpc) is 2.95. The van der Waals surface area contributed by atoms with Crippen molar-refractivity contribution in [3.05, 3.63) is 24.3 Å². The van der Waals surface area contributed by atoms with Gasteiger partial charge >= 0.3 is 12.6 Å². The molecule has 7 nitrogen and oxygen atoms in total. The minimum Gasteiger partial charge on any atom is -0.451 e. The molecule has 1 fully saturated rings. The van der Waals surface area contributed by atoms with Crippen LogP contribution >= 0.6 is 0 Å². The molecule has 0 radical (unpaired) electrons. The molecule has 1 aromatic carbocycles. The predicted molar refractivity (Wildman–Crippen MR) is 78.4 cm³/mol. The lowest BCUT2D eigenvalue weighted by atomic mass is 10.2. The first kappa shape index (κ1) is 17.6. The predicted octanol–water partition coefficient (Wildman–Crippen LogP) is 1.44. The molecule has 1 saturated heterocycles. The van der Waals surface area contributed by atoms with E-state index in [0.29, 0.717) is 6.42 Å². The molecule has 0 unspecified atom stereocenters. The largest absolute Gasteiger partial charge is 0.451 e. The Balaban J connectivity index is 1.94. The van der Waals surface area contributed by atoms with Crippen molar-refractivity contribution in [3.8, 4) is 5.75 Å². The quantitative estimate of drug-likeness (QED) is 0.763. The van der Waals surface area contributed by atoms with Gasteiger partial charge in [-0.05, 0) is 25.5 Å². The number of carbonyl (C=O) groups excluding carboxylic acids is 3. The van der Waals surface area contributed by atoms with Crippen LogP contribution in [0.3, 0.4) is 0 Å². The molecule has 2 atom stereocenters. The van der Waals surface area contributed by atoms with E-state index in [1.165, 1.54) is 31.2 Å². The van der Waals surface area contributed by atoms with Crippen LogP contribution in [0.1, 0.15) is 19.8 Å². The van der Waals surface area contributed by atoms with Gasteiger partial charge in [0.15, 0.2) is 6.10 Å². The highest BCUT2D eigenvalue weighted by molar-refractivity contribution is 5.97. The number of esters is 1. The molecule has 9 heteroatoms. The molecule has 0 saturated carbocycles. The van der Waals surface area contributed by atoms with Gasteiger partial charge in [0.1, 0.15) is 11.8 Å². The number of para-hydroxylation sites is 2. The monoisotopic (exact) mass is 342 g/mol. The van der Waals surface area contributed by atoms with Gasteiger partial charge in [-0.25, -0.2) is 4.79 Å². The summed E-state index contributed by atoms with van der Waals surface area (Å²) < 4.78 is 33.9. The molecule has 2 rings (SSSR count). The zero-order valence-corrected chi connectivity index (χ0v) is 12.8. The van der Waals surface area contributed by atoms with E-state index in [1.807, 2.05) is 0 Å². The van der Waals surface area contributed by atoms with E-state index in [1.54, 1.807) is 0 Å². The van der Waals surface area contributed by atoms with E-state index in [9.17, 15) is 23.2 Å². The summed E-state index contributed by atoms with van der Waals surface area (Å²) in [5.41, 5.74) is 0.0277. The third-order valence-corrected chi connectivity index (χ3v) is 3.30. The smallest absolute Gasteiger partial charge is 0.387 e. The number of amides is 2. The van der Waals surface area contributed by atoms with Crippen LogP contribution in [0, 0.1) is 0 Å². The maximum atomic E-state index is 12.3. The van der Waals surface area contributed by atoms with Crippen LogP contribution in [0.25, 0.3) is 0 Å². The van der Waals surface area contributed by atoms with Crippen molar-refractivity contribution < 1.29 is 32.6 Å². The molecular weight excluding hydrogens is 326 g/mol. The molecule has 130 valence electrons. The van der Waals surface area contributed by atoms with Gasteiger partial charge in [0.25, 0.3) is 5.91 Å². The molecule has 1 aliphatic rings. The van der Waals surface area contributed by atoms with E-state index < -0.39 is 30.6 Å². The Morgan fingerprint density at radius 1 is 1.33 bits per heavy atom. The standard InChI is InChI=1S/C15H16F2N2O5/c1-8(23-14(22)10-6-7-12(20)18-10)13(21)19-9-4-2-3-5-11(9)24-15(16)17/h2-5,8,10,15H,6-7H2,1H3,(H,18,20)(H,19,21)/t8-,10-/m0/s1. The van der Waals surface area contributed by atoms with Crippen LogP contribution in [-0.4, -0.2) is 36.5 Å². The number of nitrogens with one attached hydrogen (secondary N) is 2. The normalized spacial score (nSPS) is 18.0. The van der Waals surface area contributed by atoms with Gasteiger partial charge in [0.05, 0.1) is 5.69 Å². The van der Waals surface area contributed by atoms with Gasteiger partial charge in [0, 0.05) is 6.42 Å². The number of hydrogen-bond donors (Lipinski definition) is 2. The zero-order valence-electron chi connectivity index (χ0n) is 12.8. The number of carbonyl (C=O) groups is 3. The van der Waals surface area contributed by atoms with Gasteiger partial charge in [0.2, 0.25) is 5.91 Å². The highest BCUT2D eigenvalue weighted by Crippen LogP contribution is 2.25. The van der Waals surface area contributed by atoms with E-state index in [4.69, 9.17) is 4.74 Å². The van der Waals surface area contributed by atoms with Crippen molar-refractivity contribution >= 4 is 23.5 Å². The minimum atomic E-state index is -3.04. The summed E-state index contributed by atoms with van der Waals surface area (Å²) in [6.07, 6.45) is -0.648. The number of rotatable bonds is 6. The van der Waals surface area contributed by atoms with Gasteiger partial charge in [-0.3, -0.25) is 9.59 Å². The molecule has 0 aromatic heterocycles. The van der Waals surface area contributed by atoms with Gasteiger partial charge < -0.3 is 20.1 Å². The fraction of sp³-hybridized carbons (Fsp3) is 0.400. The fourth-order valence-electron chi connectivity index (χ4n) is 2.10. The topological polar surface area (TPSA) is 93.7 Å². The Hall–Kier alpha value is -2.71. The fourth-order valence-corrected chi connectivity index (χ4v) is 2.10. The van der Waals surface area contributed by atoms with E-state index in [0.717, 1.165) is 0 Å². The Kier molecular flexibility index (Phi) is 5.67. The first-order valence-corrected chi connectivity index (χ1v) is 7.21. The van der Waals surface area contributed by atoms with Crippen molar-refractivity contribution in [2.75, 3.05) is 5.32 Å². The summed E-state index contributed by atoms with van der Waals surface area (Å²) in [6, 6.07) is 4.87. The summed E-state index contributed by atoms with van der Waals surface area (Å²) in [6.45, 7) is -1.70. The number of benzene rings is 1. The Morgan fingerprint density at radius 3 is 2.67 bits per heavy atom. The summed E-state index contributed by atoms with van der Waals surface area (Å²) in [7, 11) is 0. The van der Waals surface area contributed by atoms with Crippen LogP contribution in [0.2, 0.25) is 0 Å². The highest BCUT2D eigenvalue weighted by atomic mass is 19.3. The molecule has 0 bridgehead atoms. The van der Waals surface area contributed by atoms with E-state index in [2.05, 4.69) is 15.4 Å². The summed E-state index contributed by atoms with van der Waals surface area (Å²) in [5.74, 6) is -1.90. The molecule has 24 heavy (non-hydrogen) atoms. The van der Waals surface area contributed by atoms with Gasteiger partial charge in [-0.15, -0.1) is 0 Å². The number of hydrogen-bond acceptors (Lipinski definition) is 5. The maximum absolute atomic E-state index is 12.3. The Bertz CT molecular complexity index is 638. The number of anilines is 1. The molecule has 0 aliphatic carbocycles. The maximum Gasteiger partial charge on any atom is 0.387 e. The second kappa shape index (κ2) is 7.71. The number of halogens is 2. The minimum absolute atomic E-state index is 0.0277. The van der Waals surface area contributed by atoms with Crippen molar-refractivity contribution in [3.63, 3.8) is 0 Å². The first-order chi connectivity index (χ1) is 11.4.